The maximum Gasteiger partial charge on any atom is 0.410 e. The van der Waals surface area contributed by atoms with E-state index in [9.17, 15) is 4.79 Å². The number of aromatic nitrogens is 5. The molecular formula is C22H24N6O4. The van der Waals surface area contributed by atoms with Crippen LogP contribution >= 0.6 is 0 Å². The zero-order chi connectivity index (χ0) is 22.3. The first kappa shape index (κ1) is 20.2. The molecule has 0 saturated carbocycles. The van der Waals surface area contributed by atoms with E-state index in [4.69, 9.17) is 14.0 Å². The predicted octanol–water partition coefficient (Wildman–Crippen LogP) is 3.92. The summed E-state index contributed by atoms with van der Waals surface area (Å²) < 4.78 is 11.3. The molecule has 1 amide bonds. The number of fused-ring (bicyclic) bond motifs is 2. The number of nitrogens with zero attached hydrogens (tertiary/aromatic N) is 6. The number of carbonyl (C=O) groups excluding carboxylic acids is 1. The van der Waals surface area contributed by atoms with Crippen molar-refractivity contribution in [2.24, 2.45) is 0 Å². The largest absolute Gasteiger partial charge is 0.456 e. The average molecular weight is 436 g/mol. The summed E-state index contributed by atoms with van der Waals surface area (Å²) in [5.74, 6) is 0.480. The summed E-state index contributed by atoms with van der Waals surface area (Å²) >= 11 is 0. The molecule has 1 saturated heterocycles. The van der Waals surface area contributed by atoms with Crippen LogP contribution in [-0.4, -0.2) is 54.8 Å². The number of hydrogen-bond acceptors (Lipinski definition) is 8. The molecule has 0 aliphatic carbocycles. The Morgan fingerprint density at radius 3 is 2.72 bits per heavy atom. The monoisotopic (exact) mass is 436 g/mol. The highest BCUT2D eigenvalue weighted by atomic mass is 16.7. The van der Waals surface area contributed by atoms with Crippen LogP contribution in [0.1, 0.15) is 45.1 Å². The summed E-state index contributed by atoms with van der Waals surface area (Å²) in [5, 5.41) is 8.13. The minimum Gasteiger partial charge on any atom is -0.456 e. The lowest BCUT2D eigenvalue weighted by molar-refractivity contribution is 0.0205. The Kier molecular flexibility index (Phi) is 4.91. The van der Waals surface area contributed by atoms with Crippen LogP contribution in [0, 0.1) is 0 Å². The molecular weight excluding hydrogens is 412 g/mol. The van der Waals surface area contributed by atoms with E-state index in [1.807, 2.05) is 45.0 Å². The zero-order valence-electron chi connectivity index (χ0n) is 18.2. The highest BCUT2D eigenvalue weighted by molar-refractivity contribution is 5.81. The van der Waals surface area contributed by atoms with E-state index in [0.29, 0.717) is 24.2 Å². The maximum absolute atomic E-state index is 12.3. The molecule has 0 radical (unpaired) electrons. The topological polar surface area (TPSA) is 108 Å². The van der Waals surface area contributed by atoms with Gasteiger partial charge in [-0.05, 0) is 56.9 Å². The minimum absolute atomic E-state index is 0.213. The second-order valence-corrected chi connectivity index (χ2v) is 8.83. The molecule has 4 heterocycles. The van der Waals surface area contributed by atoms with E-state index in [1.165, 1.54) is 11.2 Å². The molecule has 166 valence electrons. The second kappa shape index (κ2) is 7.77. The fraction of sp³-hybridized carbons (Fsp3) is 0.409. The van der Waals surface area contributed by atoms with Crippen LogP contribution in [0.15, 0.2) is 41.3 Å². The van der Waals surface area contributed by atoms with Gasteiger partial charge in [0, 0.05) is 18.7 Å². The number of hydrogen-bond donors (Lipinski definition) is 0. The lowest BCUT2D eigenvalue weighted by atomic mass is 9.90. The van der Waals surface area contributed by atoms with Crippen molar-refractivity contribution >= 4 is 28.2 Å². The van der Waals surface area contributed by atoms with Crippen molar-refractivity contribution in [3.8, 4) is 5.88 Å². The molecule has 4 aromatic rings. The van der Waals surface area contributed by atoms with Crippen molar-refractivity contribution in [2.75, 3.05) is 13.1 Å². The van der Waals surface area contributed by atoms with Crippen molar-refractivity contribution in [1.82, 2.24) is 30.0 Å². The summed E-state index contributed by atoms with van der Waals surface area (Å²) in [4.78, 5) is 30.0. The molecule has 32 heavy (non-hydrogen) atoms. The fourth-order valence-corrected chi connectivity index (χ4v) is 3.90. The highest BCUT2D eigenvalue weighted by Gasteiger charge is 2.30. The van der Waals surface area contributed by atoms with Crippen molar-refractivity contribution in [2.45, 2.75) is 45.1 Å². The van der Waals surface area contributed by atoms with E-state index in [2.05, 4.69) is 20.3 Å². The first-order valence-electron chi connectivity index (χ1n) is 10.6. The van der Waals surface area contributed by atoms with Crippen LogP contribution < -0.4 is 4.84 Å². The van der Waals surface area contributed by atoms with E-state index >= 15 is 0 Å². The Morgan fingerprint density at radius 2 is 1.94 bits per heavy atom. The second-order valence-electron chi connectivity index (χ2n) is 8.83. The Hall–Kier alpha value is -3.69. The quantitative estimate of drug-likeness (QED) is 0.475. The van der Waals surface area contributed by atoms with Crippen LogP contribution in [0.25, 0.3) is 22.1 Å². The number of carbonyl (C=O) groups is 1. The Balaban J connectivity index is 1.34. The predicted molar refractivity (Wildman–Crippen MR) is 115 cm³/mol. The van der Waals surface area contributed by atoms with Gasteiger partial charge in [-0.1, -0.05) is 17.0 Å². The number of benzene rings is 1. The molecule has 0 bridgehead atoms. The van der Waals surface area contributed by atoms with Gasteiger partial charge >= 0.3 is 6.09 Å². The first-order valence-corrected chi connectivity index (χ1v) is 10.6. The number of para-hydroxylation sites is 1. The van der Waals surface area contributed by atoms with Gasteiger partial charge in [-0.2, -0.15) is 4.98 Å². The van der Waals surface area contributed by atoms with Crippen LogP contribution in [0.2, 0.25) is 0 Å². The molecule has 5 rings (SSSR count). The molecule has 0 spiro atoms. The molecule has 0 unspecified atom stereocenters. The number of piperidine rings is 1. The first-order chi connectivity index (χ1) is 15.4. The van der Waals surface area contributed by atoms with Gasteiger partial charge in [0.1, 0.15) is 28.5 Å². The standard InChI is InChI=1S/C22H24N6O4/c1-22(2,3)31-21(29)27-10-8-14(9-11-27)15-12-30-19-18(15)23-13-24-20(19)32-28-17-7-5-4-6-16(17)25-26-28/h4-7,12-14H,8-11H2,1-3H3. The molecule has 1 aromatic carbocycles. The molecule has 0 atom stereocenters. The van der Waals surface area contributed by atoms with Crippen LogP contribution in [0.4, 0.5) is 4.79 Å². The summed E-state index contributed by atoms with van der Waals surface area (Å²) in [6.45, 7) is 6.85. The Bertz CT molecular complexity index is 1270. The van der Waals surface area contributed by atoms with E-state index in [1.54, 1.807) is 11.2 Å². The average Bonchev–Trinajstić information content (AvgIpc) is 3.38. The van der Waals surface area contributed by atoms with Crippen molar-refractivity contribution in [3.05, 3.63) is 42.4 Å². The summed E-state index contributed by atoms with van der Waals surface area (Å²) in [6.07, 6.45) is 4.47. The lowest BCUT2D eigenvalue weighted by Crippen LogP contribution is -2.41. The number of rotatable bonds is 3. The summed E-state index contributed by atoms with van der Waals surface area (Å²) in [7, 11) is 0. The summed E-state index contributed by atoms with van der Waals surface area (Å²) in [6, 6.07) is 7.49. The van der Waals surface area contributed by atoms with Gasteiger partial charge in [-0.3, -0.25) is 0 Å². The number of ether oxygens (including phenoxy) is 1. The van der Waals surface area contributed by atoms with Crippen LogP contribution in [0.5, 0.6) is 5.88 Å². The van der Waals surface area contributed by atoms with Crippen molar-refractivity contribution in [1.29, 1.82) is 0 Å². The van der Waals surface area contributed by atoms with Gasteiger partial charge in [0.15, 0.2) is 0 Å². The molecule has 0 N–H and O–H groups in total. The fourth-order valence-electron chi connectivity index (χ4n) is 3.90. The van der Waals surface area contributed by atoms with Crippen LogP contribution in [-0.2, 0) is 4.74 Å². The van der Waals surface area contributed by atoms with Gasteiger partial charge in [0.05, 0.1) is 6.26 Å². The van der Waals surface area contributed by atoms with Crippen molar-refractivity contribution in [3.63, 3.8) is 0 Å². The molecule has 10 nitrogen and oxygen atoms in total. The third kappa shape index (κ3) is 3.83. The third-order valence-corrected chi connectivity index (χ3v) is 5.43. The molecule has 1 fully saturated rings. The molecule has 1 aliphatic rings. The molecule has 10 heteroatoms. The minimum atomic E-state index is -0.503. The number of amides is 1. The molecule has 3 aromatic heterocycles. The highest BCUT2D eigenvalue weighted by Crippen LogP contribution is 2.36. The van der Waals surface area contributed by atoms with Gasteiger partial charge < -0.3 is 18.9 Å². The molecule has 1 aliphatic heterocycles. The van der Waals surface area contributed by atoms with E-state index in [-0.39, 0.29) is 17.9 Å². The van der Waals surface area contributed by atoms with E-state index in [0.717, 1.165) is 29.4 Å². The van der Waals surface area contributed by atoms with Crippen LogP contribution in [0.3, 0.4) is 0 Å². The number of furan rings is 1. The van der Waals surface area contributed by atoms with Gasteiger partial charge in [-0.15, -0.1) is 5.10 Å². The Labute approximate surface area is 184 Å². The zero-order valence-corrected chi connectivity index (χ0v) is 18.2. The van der Waals surface area contributed by atoms with Gasteiger partial charge in [0.25, 0.3) is 5.88 Å². The number of likely N-dealkylation sites (tertiary alicyclic amines) is 1. The maximum atomic E-state index is 12.3. The SMILES string of the molecule is CC(C)(C)OC(=O)N1CCC(c2coc3c(On4nnc5ccccc54)ncnc23)CC1. The summed E-state index contributed by atoms with van der Waals surface area (Å²) in [5.41, 5.74) is 3.08. The smallest absolute Gasteiger partial charge is 0.410 e. The Morgan fingerprint density at radius 1 is 1.16 bits per heavy atom. The normalized spacial score (nSPS) is 15.4. The van der Waals surface area contributed by atoms with Crippen molar-refractivity contribution < 1.29 is 18.8 Å². The lowest BCUT2D eigenvalue weighted by Gasteiger charge is -2.33. The van der Waals surface area contributed by atoms with E-state index < -0.39 is 5.60 Å². The third-order valence-electron chi connectivity index (χ3n) is 5.43. The van der Waals surface area contributed by atoms with Gasteiger partial charge in [0.2, 0.25) is 5.58 Å². The van der Waals surface area contributed by atoms with Gasteiger partial charge in [-0.25, -0.2) is 9.78 Å².